The molecule has 138 valence electrons. The zero-order valence-corrected chi connectivity index (χ0v) is 14.5. The number of hydrogen-bond donors (Lipinski definition) is 3. The fourth-order valence-electron chi connectivity index (χ4n) is 2.78. The van der Waals surface area contributed by atoms with Crippen LogP contribution in [0.1, 0.15) is 27.0 Å². The summed E-state index contributed by atoms with van der Waals surface area (Å²) in [6, 6.07) is 0. The van der Waals surface area contributed by atoms with E-state index in [0.29, 0.717) is 5.52 Å². The zero-order chi connectivity index (χ0) is 18.4. The second kappa shape index (κ2) is 6.45. The van der Waals surface area contributed by atoms with Gasteiger partial charge in [0.05, 0.1) is 12.9 Å². The molecule has 1 aliphatic heterocycles. The molecule has 0 bridgehead atoms. The van der Waals surface area contributed by atoms with Gasteiger partial charge in [0, 0.05) is 12.6 Å². The number of fused-ring (bicyclic) bond motifs is 1. The molecule has 3 heterocycles. The second-order valence-electron chi connectivity index (χ2n) is 7.04. The lowest BCUT2D eigenvalue weighted by Gasteiger charge is -2.21. The summed E-state index contributed by atoms with van der Waals surface area (Å²) < 4.78 is 25.9. The van der Waals surface area contributed by atoms with Gasteiger partial charge in [0.15, 0.2) is 23.2 Å². The summed E-state index contributed by atoms with van der Waals surface area (Å²) in [5.74, 6) is 0.246. The Bertz CT molecular complexity index is 762. The van der Waals surface area contributed by atoms with Crippen molar-refractivity contribution in [1.29, 1.82) is 0 Å². The molecule has 25 heavy (non-hydrogen) atoms. The van der Waals surface area contributed by atoms with Gasteiger partial charge in [0.2, 0.25) is 0 Å². The molecule has 1 aliphatic rings. The van der Waals surface area contributed by atoms with Crippen molar-refractivity contribution in [2.45, 2.75) is 50.8 Å². The number of aliphatic hydroxyl groups is 2. The van der Waals surface area contributed by atoms with Crippen molar-refractivity contribution in [1.82, 2.24) is 19.5 Å². The van der Waals surface area contributed by atoms with Crippen LogP contribution in [0.4, 0.5) is 10.2 Å². The fourth-order valence-corrected chi connectivity index (χ4v) is 2.78. The fraction of sp³-hybridized carbons (Fsp3) is 0.667. The van der Waals surface area contributed by atoms with Crippen LogP contribution in [0.25, 0.3) is 11.2 Å². The Morgan fingerprint density at radius 3 is 2.68 bits per heavy atom. The number of halogens is 1. The number of rotatable bonds is 4. The number of aliphatic hydroxyl groups excluding tert-OH is 2. The molecule has 1 saturated heterocycles. The Morgan fingerprint density at radius 2 is 2.04 bits per heavy atom. The highest BCUT2D eigenvalue weighted by molar-refractivity contribution is 5.83. The number of nitrogens with zero attached hydrogens (tertiary/aromatic N) is 4. The number of aromatic nitrogens is 4. The predicted octanol–water partition coefficient (Wildman–Crippen LogP) is 0.441. The van der Waals surface area contributed by atoms with Gasteiger partial charge in [-0.15, -0.1) is 0 Å². The summed E-state index contributed by atoms with van der Waals surface area (Å²) in [5, 5.41) is 23.4. The van der Waals surface area contributed by atoms with Crippen molar-refractivity contribution in [2.24, 2.45) is 0 Å². The smallest absolute Gasteiger partial charge is 0.312 e. The molecule has 3 N–H and O–H groups in total. The van der Waals surface area contributed by atoms with E-state index in [2.05, 4.69) is 20.3 Å². The van der Waals surface area contributed by atoms with Crippen LogP contribution < -0.4 is 5.32 Å². The van der Waals surface area contributed by atoms with E-state index in [0.717, 1.165) is 0 Å². The van der Waals surface area contributed by atoms with E-state index in [1.165, 1.54) is 18.0 Å². The van der Waals surface area contributed by atoms with Gasteiger partial charge in [-0.3, -0.25) is 4.57 Å². The van der Waals surface area contributed by atoms with Crippen molar-refractivity contribution >= 4 is 17.0 Å². The molecule has 0 aromatic carbocycles. The lowest BCUT2D eigenvalue weighted by molar-refractivity contribution is -0.0580. The number of anilines is 1. The monoisotopic (exact) mass is 355 g/mol. The highest BCUT2D eigenvalue weighted by Gasteiger charge is 2.44. The molecule has 3 rings (SSSR count). The average molecular weight is 355 g/mol. The van der Waals surface area contributed by atoms with Crippen LogP contribution in [0.15, 0.2) is 6.33 Å². The van der Waals surface area contributed by atoms with E-state index in [1.807, 2.05) is 20.8 Å². The van der Waals surface area contributed by atoms with Gasteiger partial charge >= 0.3 is 6.08 Å². The van der Waals surface area contributed by atoms with Gasteiger partial charge in [-0.1, -0.05) is 0 Å². The number of ether oxygens (including phenoxy) is 2. The number of nitrogens with one attached hydrogen (secondary N) is 1. The molecule has 0 aliphatic carbocycles. The normalized spacial score (nSPS) is 27.2. The first kappa shape index (κ1) is 17.9. The summed E-state index contributed by atoms with van der Waals surface area (Å²) >= 11 is 0. The average Bonchev–Trinajstić information content (AvgIpc) is 3.02. The van der Waals surface area contributed by atoms with Crippen LogP contribution >= 0.6 is 0 Å². The van der Waals surface area contributed by atoms with E-state index >= 15 is 0 Å². The molecule has 1 fully saturated rings. The molecule has 0 saturated carbocycles. The third-order valence-corrected chi connectivity index (χ3v) is 3.83. The van der Waals surface area contributed by atoms with Gasteiger partial charge in [-0.2, -0.15) is 14.4 Å². The molecule has 1 unspecified atom stereocenters. The highest BCUT2D eigenvalue weighted by atomic mass is 19.1. The highest BCUT2D eigenvalue weighted by Crippen LogP contribution is 2.32. The van der Waals surface area contributed by atoms with Crippen molar-refractivity contribution in [3.8, 4) is 0 Å². The minimum atomic E-state index is -1.23. The van der Waals surface area contributed by atoms with Crippen LogP contribution in [0.5, 0.6) is 0 Å². The van der Waals surface area contributed by atoms with Gasteiger partial charge in [-0.05, 0) is 20.8 Å². The summed E-state index contributed by atoms with van der Waals surface area (Å²) in [4.78, 5) is 11.8. The topological polar surface area (TPSA) is 115 Å². The minimum absolute atomic E-state index is 0.113. The summed E-state index contributed by atoms with van der Waals surface area (Å²) in [6.07, 6.45) is -3.58. The summed E-state index contributed by atoms with van der Waals surface area (Å²) in [7, 11) is 1.47. The Kier molecular flexibility index (Phi) is 4.62. The van der Waals surface area contributed by atoms with Crippen LogP contribution in [0, 0.1) is 6.08 Å². The summed E-state index contributed by atoms with van der Waals surface area (Å²) in [5.41, 5.74) is 0.144. The minimum Gasteiger partial charge on any atom is -0.387 e. The second-order valence-corrected chi connectivity index (χ2v) is 7.04. The lowest BCUT2D eigenvalue weighted by Crippen LogP contribution is -2.33. The van der Waals surface area contributed by atoms with Crippen LogP contribution in [-0.4, -0.2) is 67.3 Å². The Balaban J connectivity index is 2.01. The van der Waals surface area contributed by atoms with Gasteiger partial charge < -0.3 is 25.0 Å². The van der Waals surface area contributed by atoms with E-state index in [9.17, 15) is 14.6 Å². The lowest BCUT2D eigenvalue weighted by atomic mass is 10.1. The van der Waals surface area contributed by atoms with Crippen molar-refractivity contribution in [3.05, 3.63) is 12.4 Å². The van der Waals surface area contributed by atoms with E-state index < -0.39 is 30.6 Å². The van der Waals surface area contributed by atoms with E-state index in [1.54, 1.807) is 0 Å². The van der Waals surface area contributed by atoms with Crippen molar-refractivity contribution in [2.75, 3.05) is 19.0 Å². The molecule has 10 heteroatoms. The predicted molar refractivity (Wildman–Crippen MR) is 86.5 cm³/mol. The van der Waals surface area contributed by atoms with Crippen molar-refractivity contribution in [3.63, 3.8) is 0 Å². The maximum atomic E-state index is 13.9. The molecular formula is C15H22FN5O4. The maximum absolute atomic E-state index is 13.9. The molecule has 0 spiro atoms. The Hall–Kier alpha value is -1.88. The largest absolute Gasteiger partial charge is 0.387 e. The molecular weight excluding hydrogens is 333 g/mol. The van der Waals surface area contributed by atoms with E-state index in [4.69, 9.17) is 9.47 Å². The van der Waals surface area contributed by atoms with Crippen molar-refractivity contribution < 1.29 is 24.1 Å². The zero-order valence-electron chi connectivity index (χ0n) is 14.5. The molecule has 0 radical (unpaired) electrons. The number of methoxy groups -OCH3 is 1. The Labute approximate surface area is 143 Å². The molecule has 2 aromatic rings. The van der Waals surface area contributed by atoms with Crippen LogP contribution in [0.2, 0.25) is 0 Å². The SMILES string of the molecule is COC[C@H]1O[C@@H](n2cnc3c(NC(C)(C)C)nc(F)nc32)[C@H](O)C1O. The molecule has 4 atom stereocenters. The van der Waals surface area contributed by atoms with E-state index in [-0.39, 0.29) is 23.6 Å². The van der Waals surface area contributed by atoms with Gasteiger partial charge in [-0.25, -0.2) is 4.98 Å². The maximum Gasteiger partial charge on any atom is 0.312 e. The first-order valence-corrected chi connectivity index (χ1v) is 7.90. The van der Waals surface area contributed by atoms with Crippen LogP contribution in [0.3, 0.4) is 0 Å². The standard InChI is InChI=1S/C15H22FN5O4/c1-15(2,3)20-11-8-12(19-14(16)18-11)21(6-17-8)13-10(23)9(22)7(25-13)5-24-4/h6-7,9-10,13,22-23H,5H2,1-4H3,(H,18,19,20)/t7-,9?,10-,13-/m1/s1. The summed E-state index contributed by atoms with van der Waals surface area (Å²) in [6.45, 7) is 5.84. The van der Waals surface area contributed by atoms with Gasteiger partial charge in [0.1, 0.15) is 18.3 Å². The first-order valence-electron chi connectivity index (χ1n) is 7.90. The first-order chi connectivity index (χ1) is 11.7. The third-order valence-electron chi connectivity index (χ3n) is 3.83. The molecule has 2 aromatic heterocycles. The Morgan fingerprint density at radius 1 is 1.32 bits per heavy atom. The number of imidazole rings is 1. The molecule has 9 nitrogen and oxygen atoms in total. The third kappa shape index (κ3) is 3.43. The van der Waals surface area contributed by atoms with Gasteiger partial charge in [0.25, 0.3) is 0 Å². The quantitative estimate of drug-likeness (QED) is 0.677. The van der Waals surface area contributed by atoms with Crippen LogP contribution in [-0.2, 0) is 9.47 Å². The molecule has 0 amide bonds. The number of hydrogen-bond acceptors (Lipinski definition) is 8.